The normalized spacial score (nSPS) is 13.3. The number of ether oxygens (including phenoxy) is 1. The standard InChI is InChI=1S/C15H8ClF3N2O2/c1-7-5-8(6-10-13(7)21-14(22)20-10)12-9(16)3-2-4-11(12)23-15(17,18)19/h2-6H,1H2,(H,20,22). The number of alkyl halides is 3. The molecule has 2 aromatic rings. The van der Waals surface area contributed by atoms with Crippen LogP contribution in [0.4, 0.5) is 23.7 Å². The fraction of sp³-hybridized carbons (Fsp3) is 0.0667. The molecular weight excluding hydrogens is 333 g/mol. The van der Waals surface area contributed by atoms with Gasteiger partial charge in [0.15, 0.2) is 0 Å². The van der Waals surface area contributed by atoms with Crippen LogP contribution in [0.25, 0.3) is 17.7 Å². The number of halogens is 4. The zero-order valence-corrected chi connectivity index (χ0v) is 12.1. The first kappa shape index (κ1) is 15.4. The van der Waals surface area contributed by atoms with Crippen molar-refractivity contribution in [3.8, 4) is 16.9 Å². The van der Waals surface area contributed by atoms with Gasteiger partial charge in [0.25, 0.3) is 0 Å². The van der Waals surface area contributed by atoms with E-state index in [0.717, 1.165) is 6.07 Å². The number of nitrogens with zero attached hydrogens (tertiary/aromatic N) is 1. The molecule has 0 atom stereocenters. The smallest absolute Gasteiger partial charge is 0.405 e. The van der Waals surface area contributed by atoms with Crippen LogP contribution in [0.5, 0.6) is 5.75 Å². The molecule has 0 saturated carbocycles. The van der Waals surface area contributed by atoms with Crippen LogP contribution in [-0.4, -0.2) is 12.4 Å². The number of hydrogen-bond acceptors (Lipinski definition) is 2. The molecule has 0 unspecified atom stereocenters. The Hall–Kier alpha value is -2.54. The predicted octanol–water partition coefficient (Wildman–Crippen LogP) is 3.48. The highest BCUT2D eigenvalue weighted by Crippen LogP contribution is 2.39. The highest BCUT2D eigenvalue weighted by Gasteiger charge is 2.32. The van der Waals surface area contributed by atoms with Crippen molar-refractivity contribution in [2.24, 2.45) is 4.99 Å². The molecule has 0 fully saturated rings. The van der Waals surface area contributed by atoms with Crippen molar-refractivity contribution < 1.29 is 22.7 Å². The van der Waals surface area contributed by atoms with Crippen molar-refractivity contribution in [1.82, 2.24) is 0 Å². The third-order valence-corrected chi connectivity index (χ3v) is 3.45. The number of hydrogen-bond donors (Lipinski definition) is 1. The number of carbonyl (C=O) groups is 1. The van der Waals surface area contributed by atoms with Crippen LogP contribution < -0.4 is 20.6 Å². The van der Waals surface area contributed by atoms with E-state index >= 15 is 0 Å². The number of urea groups is 1. The van der Waals surface area contributed by atoms with Crippen molar-refractivity contribution in [1.29, 1.82) is 0 Å². The van der Waals surface area contributed by atoms with Crippen molar-refractivity contribution in [2.75, 3.05) is 5.32 Å². The molecule has 1 aliphatic heterocycles. The Kier molecular flexibility index (Phi) is 3.52. The molecule has 1 heterocycles. The van der Waals surface area contributed by atoms with Crippen LogP contribution in [0.15, 0.2) is 35.3 Å². The first-order chi connectivity index (χ1) is 10.7. The SMILES string of the molecule is C=c1cc(-c2c(Cl)cccc2OC(F)(F)F)cc2c1=NC(=O)N2. The lowest BCUT2D eigenvalue weighted by Crippen LogP contribution is -2.23. The van der Waals surface area contributed by atoms with Crippen molar-refractivity contribution in [3.05, 3.63) is 45.9 Å². The van der Waals surface area contributed by atoms with Gasteiger partial charge in [0.05, 0.1) is 16.1 Å². The second-order valence-electron chi connectivity index (χ2n) is 4.73. The molecular formula is C15H8ClF3N2O2. The van der Waals surface area contributed by atoms with Crippen LogP contribution >= 0.6 is 11.6 Å². The van der Waals surface area contributed by atoms with Gasteiger partial charge in [-0.1, -0.05) is 24.2 Å². The van der Waals surface area contributed by atoms with Crippen LogP contribution in [0.1, 0.15) is 0 Å². The maximum Gasteiger partial charge on any atom is 0.573 e. The number of rotatable bonds is 2. The first-order valence-electron chi connectivity index (χ1n) is 6.32. The van der Waals surface area contributed by atoms with Crippen LogP contribution in [0.2, 0.25) is 5.02 Å². The lowest BCUT2D eigenvalue weighted by Gasteiger charge is -2.15. The maximum absolute atomic E-state index is 12.6. The molecule has 0 spiro atoms. The molecule has 0 aromatic heterocycles. The molecule has 4 nitrogen and oxygen atoms in total. The summed E-state index contributed by atoms with van der Waals surface area (Å²) in [5, 5.41) is 3.29. The van der Waals surface area contributed by atoms with Gasteiger partial charge in [-0.05, 0) is 35.0 Å². The number of benzene rings is 2. The maximum atomic E-state index is 12.6. The predicted molar refractivity (Wildman–Crippen MR) is 78.9 cm³/mol. The summed E-state index contributed by atoms with van der Waals surface area (Å²) < 4.78 is 41.7. The zero-order valence-electron chi connectivity index (χ0n) is 11.4. The fourth-order valence-electron chi connectivity index (χ4n) is 2.31. The third kappa shape index (κ3) is 3.00. The highest BCUT2D eigenvalue weighted by atomic mass is 35.5. The molecule has 0 bridgehead atoms. The van der Waals surface area contributed by atoms with Crippen molar-refractivity contribution in [2.45, 2.75) is 6.36 Å². The summed E-state index contributed by atoms with van der Waals surface area (Å²) in [7, 11) is 0. The topological polar surface area (TPSA) is 50.7 Å². The lowest BCUT2D eigenvalue weighted by molar-refractivity contribution is -0.274. The van der Waals surface area contributed by atoms with E-state index < -0.39 is 18.1 Å². The summed E-state index contributed by atoms with van der Waals surface area (Å²) in [6, 6.07) is 6.36. The Bertz CT molecular complexity index is 926. The number of fused-ring (bicyclic) bond motifs is 1. The molecule has 0 aliphatic carbocycles. The largest absolute Gasteiger partial charge is 0.573 e. The van der Waals surface area contributed by atoms with E-state index in [1.165, 1.54) is 24.3 Å². The van der Waals surface area contributed by atoms with E-state index in [1.807, 2.05) is 0 Å². The molecule has 1 aliphatic rings. The Morgan fingerprint density at radius 1 is 1.26 bits per heavy atom. The number of nitrogens with one attached hydrogen (secondary N) is 1. The number of anilines is 1. The summed E-state index contributed by atoms with van der Waals surface area (Å²) in [5.41, 5.74) is 0.742. The molecule has 118 valence electrons. The monoisotopic (exact) mass is 340 g/mol. The molecule has 1 N–H and O–H groups in total. The average Bonchev–Trinajstić information content (AvgIpc) is 2.78. The fourth-order valence-corrected chi connectivity index (χ4v) is 2.58. The minimum absolute atomic E-state index is 0.0559. The summed E-state index contributed by atoms with van der Waals surface area (Å²) in [6.45, 7) is 3.75. The van der Waals surface area contributed by atoms with Gasteiger partial charge in [0.2, 0.25) is 0 Å². The van der Waals surface area contributed by atoms with Gasteiger partial charge in [-0.25, -0.2) is 4.79 Å². The summed E-state index contributed by atoms with van der Waals surface area (Å²) in [4.78, 5) is 15.1. The molecule has 3 rings (SSSR count). The van der Waals surface area contributed by atoms with E-state index in [2.05, 4.69) is 21.6 Å². The second-order valence-corrected chi connectivity index (χ2v) is 5.14. The van der Waals surface area contributed by atoms with Gasteiger partial charge in [0.1, 0.15) is 5.75 Å². The van der Waals surface area contributed by atoms with Crippen LogP contribution in [0, 0.1) is 0 Å². The minimum Gasteiger partial charge on any atom is -0.405 e. The lowest BCUT2D eigenvalue weighted by atomic mass is 10.0. The summed E-state index contributed by atoms with van der Waals surface area (Å²) in [6.07, 6.45) is -4.85. The van der Waals surface area contributed by atoms with Crippen molar-refractivity contribution in [3.63, 3.8) is 0 Å². The van der Waals surface area contributed by atoms with Gasteiger partial charge < -0.3 is 10.1 Å². The average molecular weight is 341 g/mol. The molecule has 0 radical (unpaired) electrons. The summed E-state index contributed by atoms with van der Waals surface area (Å²) in [5.74, 6) is -0.439. The van der Waals surface area contributed by atoms with Gasteiger partial charge in [0, 0.05) is 5.56 Å². The zero-order chi connectivity index (χ0) is 16.8. The Balaban J connectivity index is 2.20. The van der Waals surface area contributed by atoms with E-state index in [9.17, 15) is 18.0 Å². The van der Waals surface area contributed by atoms with Crippen LogP contribution in [-0.2, 0) is 0 Å². The molecule has 2 aromatic carbocycles. The van der Waals surface area contributed by atoms with Crippen LogP contribution in [0.3, 0.4) is 0 Å². The molecule has 0 saturated heterocycles. The van der Waals surface area contributed by atoms with Gasteiger partial charge in [-0.15, -0.1) is 13.2 Å². The van der Waals surface area contributed by atoms with E-state index in [-0.39, 0.29) is 10.6 Å². The highest BCUT2D eigenvalue weighted by molar-refractivity contribution is 6.33. The van der Waals surface area contributed by atoms with Gasteiger partial charge >= 0.3 is 12.4 Å². The Morgan fingerprint density at radius 3 is 2.70 bits per heavy atom. The van der Waals surface area contributed by atoms with Gasteiger partial charge in [-0.2, -0.15) is 4.99 Å². The van der Waals surface area contributed by atoms with E-state index in [1.54, 1.807) is 0 Å². The molecule has 8 heteroatoms. The molecule has 2 amide bonds. The Morgan fingerprint density at radius 2 is 2.00 bits per heavy atom. The van der Waals surface area contributed by atoms with E-state index in [0.29, 0.717) is 21.8 Å². The molecule has 23 heavy (non-hydrogen) atoms. The Labute approximate surface area is 132 Å². The van der Waals surface area contributed by atoms with E-state index in [4.69, 9.17) is 11.6 Å². The number of amides is 2. The first-order valence-corrected chi connectivity index (χ1v) is 6.70. The quantitative estimate of drug-likeness (QED) is 0.910. The number of carbonyl (C=O) groups excluding carboxylic acids is 1. The van der Waals surface area contributed by atoms with Gasteiger partial charge in [-0.3, -0.25) is 0 Å². The second kappa shape index (κ2) is 5.27. The third-order valence-electron chi connectivity index (χ3n) is 3.13. The minimum atomic E-state index is -4.85. The van der Waals surface area contributed by atoms with Crippen molar-refractivity contribution >= 4 is 29.9 Å². The summed E-state index contributed by atoms with van der Waals surface area (Å²) >= 11 is 6.05.